The first-order valence-electron chi connectivity index (χ1n) is 6.66. The van der Waals surface area contributed by atoms with Crippen LogP contribution in [0.2, 0.25) is 5.02 Å². The van der Waals surface area contributed by atoms with Crippen LogP contribution >= 0.6 is 11.6 Å². The summed E-state index contributed by atoms with van der Waals surface area (Å²) < 4.78 is 5.46. The Kier molecular flexibility index (Phi) is 5.08. The molecule has 120 valence electrons. The molecule has 0 radical (unpaired) electrons. The molecule has 1 unspecified atom stereocenters. The molecule has 1 amide bonds. The largest absolute Gasteiger partial charge is 0.506 e. The lowest BCUT2D eigenvalue weighted by Crippen LogP contribution is -2.30. The van der Waals surface area contributed by atoms with Gasteiger partial charge in [0.1, 0.15) is 11.5 Å². The summed E-state index contributed by atoms with van der Waals surface area (Å²) in [7, 11) is 0. The maximum atomic E-state index is 12.1. The fraction of sp³-hybridized carbons (Fsp3) is 0.125. The van der Waals surface area contributed by atoms with Gasteiger partial charge in [0, 0.05) is 5.02 Å². The molecular weight excluding hydrogens is 322 g/mol. The molecule has 0 saturated heterocycles. The minimum atomic E-state index is -1.17. The van der Waals surface area contributed by atoms with Gasteiger partial charge in [-0.1, -0.05) is 11.6 Å². The Balaban J connectivity index is 2.03. The molecule has 0 bridgehead atoms. The first kappa shape index (κ1) is 16.6. The van der Waals surface area contributed by atoms with Gasteiger partial charge in [-0.25, -0.2) is 4.79 Å². The molecule has 0 aliphatic carbocycles. The Morgan fingerprint density at radius 1 is 1.17 bits per heavy atom. The average Bonchev–Trinajstić information content (AvgIpc) is 2.51. The number of phenolic OH excluding ortho intramolecular Hbond substituents is 1. The van der Waals surface area contributed by atoms with E-state index >= 15 is 0 Å². The number of ether oxygens (including phenoxy) is 1. The van der Waals surface area contributed by atoms with Gasteiger partial charge in [0.05, 0.1) is 11.3 Å². The number of carbonyl (C=O) groups excluding carboxylic acids is 1. The lowest BCUT2D eigenvalue weighted by Gasteiger charge is -2.15. The van der Waals surface area contributed by atoms with Crippen molar-refractivity contribution >= 4 is 29.2 Å². The molecule has 0 fully saturated rings. The zero-order valence-electron chi connectivity index (χ0n) is 12.1. The Labute approximate surface area is 137 Å². The molecule has 1 atom stereocenters. The number of carbonyl (C=O) groups is 2. The van der Waals surface area contributed by atoms with E-state index in [-0.39, 0.29) is 17.0 Å². The van der Waals surface area contributed by atoms with Gasteiger partial charge in [0.15, 0.2) is 6.10 Å². The molecule has 0 aliphatic heterocycles. The van der Waals surface area contributed by atoms with Crippen LogP contribution < -0.4 is 10.1 Å². The smallest absolute Gasteiger partial charge is 0.335 e. The number of carboxylic acid groups (broad SMARTS) is 1. The molecule has 7 heteroatoms. The molecule has 0 aliphatic rings. The molecule has 0 heterocycles. The van der Waals surface area contributed by atoms with Crippen molar-refractivity contribution in [1.82, 2.24) is 0 Å². The highest BCUT2D eigenvalue weighted by Gasteiger charge is 2.17. The van der Waals surface area contributed by atoms with Crippen LogP contribution in [0.1, 0.15) is 17.3 Å². The maximum Gasteiger partial charge on any atom is 0.335 e. The quantitative estimate of drug-likeness (QED) is 0.729. The monoisotopic (exact) mass is 335 g/mol. The fourth-order valence-electron chi connectivity index (χ4n) is 1.78. The number of phenols is 1. The molecule has 0 spiro atoms. The highest BCUT2D eigenvalue weighted by molar-refractivity contribution is 6.30. The molecule has 0 saturated carbocycles. The average molecular weight is 336 g/mol. The summed E-state index contributed by atoms with van der Waals surface area (Å²) in [6.45, 7) is 1.55. The van der Waals surface area contributed by atoms with E-state index in [0.717, 1.165) is 6.07 Å². The first-order chi connectivity index (χ1) is 10.9. The van der Waals surface area contributed by atoms with Gasteiger partial charge in [-0.3, -0.25) is 4.79 Å². The zero-order valence-corrected chi connectivity index (χ0v) is 12.9. The lowest BCUT2D eigenvalue weighted by molar-refractivity contribution is -0.122. The number of hydrogen-bond acceptors (Lipinski definition) is 4. The van der Waals surface area contributed by atoms with E-state index in [4.69, 9.17) is 21.4 Å². The molecule has 2 aromatic carbocycles. The Hall–Kier alpha value is -2.73. The number of rotatable bonds is 5. The standard InChI is InChI=1S/C16H14ClNO5/c1-9(23-12-5-3-11(17)4-6-12)15(20)18-13-7-2-10(16(21)22)8-14(13)19/h2-9,19H,1H3,(H,18,20)(H,21,22). The maximum absolute atomic E-state index is 12.1. The molecule has 2 aromatic rings. The van der Waals surface area contributed by atoms with Gasteiger partial charge in [0.2, 0.25) is 0 Å². The molecule has 6 nitrogen and oxygen atoms in total. The van der Waals surface area contributed by atoms with Crippen LogP contribution in [0.5, 0.6) is 11.5 Å². The van der Waals surface area contributed by atoms with Crippen molar-refractivity contribution in [2.24, 2.45) is 0 Å². The van der Waals surface area contributed by atoms with Crippen molar-refractivity contribution < 1.29 is 24.5 Å². The van der Waals surface area contributed by atoms with E-state index in [0.29, 0.717) is 10.8 Å². The van der Waals surface area contributed by atoms with Crippen molar-refractivity contribution in [3.05, 3.63) is 53.1 Å². The predicted molar refractivity (Wildman–Crippen MR) is 85.2 cm³/mol. The number of amides is 1. The minimum Gasteiger partial charge on any atom is -0.506 e. The van der Waals surface area contributed by atoms with Crippen LogP contribution in [0.25, 0.3) is 0 Å². The van der Waals surface area contributed by atoms with E-state index in [1.807, 2.05) is 0 Å². The predicted octanol–water partition coefficient (Wildman–Crippen LogP) is 3.15. The molecule has 3 N–H and O–H groups in total. The summed E-state index contributed by atoms with van der Waals surface area (Å²) in [6.07, 6.45) is -0.824. The van der Waals surface area contributed by atoms with Crippen LogP contribution in [0, 0.1) is 0 Å². The van der Waals surface area contributed by atoms with Gasteiger partial charge in [0.25, 0.3) is 5.91 Å². The Morgan fingerprint density at radius 3 is 2.39 bits per heavy atom. The normalized spacial score (nSPS) is 11.6. The lowest BCUT2D eigenvalue weighted by atomic mass is 10.2. The second-order valence-electron chi connectivity index (χ2n) is 4.74. The van der Waals surface area contributed by atoms with Crippen LogP contribution in [0.4, 0.5) is 5.69 Å². The van der Waals surface area contributed by atoms with E-state index in [1.165, 1.54) is 12.1 Å². The Bertz CT molecular complexity index is 730. The van der Waals surface area contributed by atoms with Gasteiger partial charge >= 0.3 is 5.97 Å². The van der Waals surface area contributed by atoms with Crippen molar-refractivity contribution in [1.29, 1.82) is 0 Å². The second-order valence-corrected chi connectivity index (χ2v) is 5.18. The van der Waals surface area contributed by atoms with Crippen molar-refractivity contribution in [3.63, 3.8) is 0 Å². The fourth-order valence-corrected chi connectivity index (χ4v) is 1.90. The Morgan fingerprint density at radius 2 is 1.83 bits per heavy atom. The van der Waals surface area contributed by atoms with E-state index in [9.17, 15) is 14.7 Å². The van der Waals surface area contributed by atoms with Crippen molar-refractivity contribution in [2.45, 2.75) is 13.0 Å². The van der Waals surface area contributed by atoms with Crippen molar-refractivity contribution in [2.75, 3.05) is 5.32 Å². The van der Waals surface area contributed by atoms with Crippen LogP contribution in [-0.2, 0) is 4.79 Å². The number of nitrogens with one attached hydrogen (secondary N) is 1. The molecule has 2 rings (SSSR count). The molecule has 0 aromatic heterocycles. The zero-order chi connectivity index (χ0) is 17.0. The minimum absolute atomic E-state index is 0.0778. The first-order valence-corrected chi connectivity index (χ1v) is 7.04. The SMILES string of the molecule is CC(Oc1ccc(Cl)cc1)C(=O)Nc1ccc(C(=O)O)cc1O. The highest BCUT2D eigenvalue weighted by Crippen LogP contribution is 2.25. The number of hydrogen-bond donors (Lipinski definition) is 3. The third-order valence-corrected chi connectivity index (χ3v) is 3.25. The number of benzene rings is 2. The molecule has 23 heavy (non-hydrogen) atoms. The molecular formula is C16H14ClNO5. The number of halogens is 1. The van der Waals surface area contributed by atoms with Crippen LogP contribution in [0.15, 0.2) is 42.5 Å². The summed E-state index contributed by atoms with van der Waals surface area (Å²) in [5, 5.41) is 21.6. The summed E-state index contributed by atoms with van der Waals surface area (Å²) in [4.78, 5) is 22.9. The highest BCUT2D eigenvalue weighted by atomic mass is 35.5. The number of aromatic carboxylic acids is 1. The van der Waals surface area contributed by atoms with Gasteiger partial charge in [-0.15, -0.1) is 0 Å². The van der Waals surface area contributed by atoms with E-state index < -0.39 is 18.0 Å². The van der Waals surface area contributed by atoms with E-state index in [2.05, 4.69) is 5.32 Å². The summed E-state index contributed by atoms with van der Waals surface area (Å²) >= 11 is 5.77. The van der Waals surface area contributed by atoms with Gasteiger partial charge in [-0.05, 0) is 49.4 Å². The number of anilines is 1. The third-order valence-electron chi connectivity index (χ3n) is 3.00. The summed E-state index contributed by atoms with van der Waals surface area (Å²) in [5.74, 6) is -1.52. The van der Waals surface area contributed by atoms with Crippen LogP contribution in [-0.4, -0.2) is 28.2 Å². The topological polar surface area (TPSA) is 95.9 Å². The van der Waals surface area contributed by atoms with Crippen LogP contribution in [0.3, 0.4) is 0 Å². The third kappa shape index (κ3) is 4.37. The van der Waals surface area contributed by atoms with E-state index in [1.54, 1.807) is 31.2 Å². The van der Waals surface area contributed by atoms with Gasteiger partial charge in [-0.2, -0.15) is 0 Å². The number of carboxylic acids is 1. The second kappa shape index (κ2) is 7.02. The van der Waals surface area contributed by atoms with Gasteiger partial charge < -0.3 is 20.3 Å². The number of aromatic hydroxyl groups is 1. The summed E-state index contributed by atoms with van der Waals surface area (Å²) in [6, 6.07) is 10.2. The van der Waals surface area contributed by atoms with Crippen molar-refractivity contribution in [3.8, 4) is 11.5 Å². The summed E-state index contributed by atoms with van der Waals surface area (Å²) in [5.41, 5.74) is 0.0255.